The zero-order chi connectivity index (χ0) is 46.6. The molecule has 0 bridgehead atoms. The van der Waals surface area contributed by atoms with E-state index in [1.54, 1.807) is 0 Å². The van der Waals surface area contributed by atoms with Crippen molar-refractivity contribution in [2.24, 2.45) is 9.98 Å². The molecule has 0 saturated carbocycles. The molecule has 2 aliphatic rings. The van der Waals surface area contributed by atoms with Crippen LogP contribution in [0.15, 0.2) is 58.5 Å². The molecule has 7 aromatic rings. The SMILES string of the molecule is CCn1c2cc(CNC(=O)CCl)c(CNC(=O)CCl)cc2c2cc3c(cc21)N=c1c(Cl)c2c(c(Cl)c1O3)=Nc1cc3c(cc1O2)c1cc(CNC(=O)CCl)c(CNC(=O)CCl)cc1n3CC. The summed E-state index contributed by atoms with van der Waals surface area (Å²) in [7, 11) is 0. The monoisotopic (exact) mass is 1010 g/mol. The van der Waals surface area contributed by atoms with E-state index in [2.05, 4.69) is 30.4 Å². The minimum atomic E-state index is -0.328. The smallest absolute Gasteiger partial charge is 0.235 e. The topological polar surface area (TPSA) is 169 Å². The van der Waals surface area contributed by atoms with Crippen molar-refractivity contribution >= 4 is 148 Å². The zero-order valence-corrected chi connectivity index (χ0v) is 39.7. The van der Waals surface area contributed by atoms with Crippen LogP contribution in [0.5, 0.6) is 23.0 Å². The molecule has 0 radical (unpaired) electrons. The van der Waals surface area contributed by atoms with E-state index in [1.807, 2.05) is 62.4 Å². The van der Waals surface area contributed by atoms with Crippen molar-refractivity contribution in [1.29, 1.82) is 0 Å². The summed E-state index contributed by atoms with van der Waals surface area (Å²) in [5, 5.41) is 15.7. The highest BCUT2D eigenvalue weighted by molar-refractivity contribution is 6.35. The van der Waals surface area contributed by atoms with Gasteiger partial charge >= 0.3 is 0 Å². The number of carbonyl (C=O) groups is 4. The summed E-state index contributed by atoms with van der Waals surface area (Å²) in [6.07, 6.45) is 0. The number of fused-ring (bicyclic) bond motifs is 10. The van der Waals surface area contributed by atoms with Gasteiger partial charge in [0.05, 0.1) is 11.0 Å². The highest BCUT2D eigenvalue weighted by Crippen LogP contribution is 2.47. The summed E-state index contributed by atoms with van der Waals surface area (Å²) in [5.41, 5.74) is 7.72. The summed E-state index contributed by atoms with van der Waals surface area (Å²) in [6, 6.07) is 15.6. The van der Waals surface area contributed by atoms with Gasteiger partial charge in [0.25, 0.3) is 0 Å². The lowest BCUT2D eigenvalue weighted by atomic mass is 10.0. The number of amides is 4. The summed E-state index contributed by atoms with van der Waals surface area (Å²) >= 11 is 37.5. The second-order valence-corrected chi connectivity index (χ2v) is 17.3. The van der Waals surface area contributed by atoms with Crippen molar-refractivity contribution in [1.82, 2.24) is 30.4 Å². The van der Waals surface area contributed by atoms with Crippen molar-refractivity contribution in [2.75, 3.05) is 23.5 Å². The van der Waals surface area contributed by atoms with Crippen molar-refractivity contribution in [2.45, 2.75) is 53.1 Å². The Morgan fingerprint density at radius 2 is 0.788 bits per heavy atom. The van der Waals surface area contributed by atoms with Crippen LogP contribution in [-0.2, 0) is 58.4 Å². The molecule has 0 spiro atoms. The van der Waals surface area contributed by atoms with Gasteiger partial charge in [-0.1, -0.05) is 23.2 Å². The first-order valence-electron chi connectivity index (χ1n) is 20.8. The first-order chi connectivity index (χ1) is 31.9. The molecule has 340 valence electrons. The van der Waals surface area contributed by atoms with E-state index in [0.717, 1.165) is 65.9 Å². The molecular formula is C46H38Cl6N8O6. The fourth-order valence-electron chi connectivity index (χ4n) is 8.59. The number of carbonyl (C=O) groups excluding carboxylic acids is 4. The average molecular weight is 1010 g/mol. The highest BCUT2D eigenvalue weighted by Gasteiger charge is 2.29. The number of benzene rings is 5. The molecule has 66 heavy (non-hydrogen) atoms. The van der Waals surface area contributed by atoms with E-state index in [9.17, 15) is 19.2 Å². The van der Waals surface area contributed by atoms with Gasteiger partial charge in [0.1, 0.15) is 55.7 Å². The molecule has 9 rings (SSSR count). The van der Waals surface area contributed by atoms with Gasteiger partial charge in [-0.3, -0.25) is 19.2 Å². The molecule has 14 nitrogen and oxygen atoms in total. The van der Waals surface area contributed by atoms with Crippen LogP contribution < -0.4 is 41.5 Å². The van der Waals surface area contributed by atoms with Crippen LogP contribution in [-0.4, -0.2) is 56.3 Å². The maximum Gasteiger partial charge on any atom is 0.235 e. The van der Waals surface area contributed by atoms with E-state index in [1.165, 1.54) is 0 Å². The Balaban J connectivity index is 1.15. The number of alkyl halides is 4. The second-order valence-electron chi connectivity index (χ2n) is 15.5. The lowest BCUT2D eigenvalue weighted by Crippen LogP contribution is -2.27. The van der Waals surface area contributed by atoms with Crippen LogP contribution in [0.2, 0.25) is 10.0 Å². The fourth-order valence-corrected chi connectivity index (χ4v) is 9.48. The largest absolute Gasteiger partial charge is 0.451 e. The number of aromatic nitrogens is 2. The number of nitrogens with zero attached hydrogens (tertiary/aromatic N) is 4. The molecular weight excluding hydrogens is 973 g/mol. The number of halogens is 6. The van der Waals surface area contributed by atoms with Crippen LogP contribution >= 0.6 is 69.6 Å². The number of aryl methyl sites for hydroxylation is 2. The van der Waals surface area contributed by atoms with Crippen LogP contribution in [0.4, 0.5) is 11.4 Å². The number of rotatable bonds is 14. The molecule has 2 aliphatic heterocycles. The highest BCUT2D eigenvalue weighted by atomic mass is 35.5. The third kappa shape index (κ3) is 8.11. The molecule has 0 atom stereocenters. The summed E-state index contributed by atoms with van der Waals surface area (Å²) in [4.78, 5) is 58.7. The second kappa shape index (κ2) is 18.7. The third-order valence-electron chi connectivity index (χ3n) is 11.7. The molecule has 4 heterocycles. The lowest BCUT2D eigenvalue weighted by Gasteiger charge is -2.21. The quantitative estimate of drug-likeness (QED) is 0.0795. The molecule has 0 fully saturated rings. The van der Waals surface area contributed by atoms with E-state index in [4.69, 9.17) is 89.1 Å². The standard InChI is InChI=1S/C46H38Cl6N8O6/c1-3-59-31-7-23(19-55-39(63)15-49)21(17-53-37(61)13-47)5-25(31)27-9-35-29(11-33(27)59)57-43-41(51)46-44(42(52)45(43)65-35)58-30-12-34-28(10-36(30)66-46)26-6-22(18-54-38(62)14-48)24(20-56-40(64)16-50)8-32(26)60(34)4-2/h5-12H,3-4,13-20H2,1-2H3,(H,53,61)(H,54,62)(H,55,63)(H,56,64). The third-order valence-corrected chi connectivity index (χ3v) is 13.4. The van der Waals surface area contributed by atoms with E-state index in [0.29, 0.717) is 36.0 Å². The van der Waals surface area contributed by atoms with Gasteiger partial charge in [-0.25, -0.2) is 9.98 Å². The fraction of sp³-hybridized carbons (Fsp3) is 0.261. The Hall–Kier alpha value is -5.48. The summed E-state index contributed by atoms with van der Waals surface area (Å²) < 4.78 is 17.4. The Kier molecular flexibility index (Phi) is 12.9. The molecule has 0 unspecified atom stereocenters. The predicted molar refractivity (Wildman–Crippen MR) is 259 cm³/mol. The van der Waals surface area contributed by atoms with Gasteiger partial charge in [0.15, 0.2) is 23.0 Å². The maximum atomic E-state index is 12.2. The molecule has 2 aromatic heterocycles. The molecule has 4 amide bonds. The lowest BCUT2D eigenvalue weighted by molar-refractivity contribution is -0.119. The van der Waals surface area contributed by atoms with Gasteiger partial charge in [0.2, 0.25) is 23.6 Å². The number of hydrogen-bond acceptors (Lipinski definition) is 8. The molecule has 0 aliphatic carbocycles. The maximum absolute atomic E-state index is 12.2. The van der Waals surface area contributed by atoms with Crippen LogP contribution in [0.25, 0.3) is 43.6 Å². The minimum absolute atomic E-state index is 0.157. The number of hydrogen-bond donors (Lipinski definition) is 4. The van der Waals surface area contributed by atoms with Crippen LogP contribution in [0, 0.1) is 0 Å². The van der Waals surface area contributed by atoms with Crippen LogP contribution in [0.1, 0.15) is 36.1 Å². The van der Waals surface area contributed by atoms with Gasteiger partial charge < -0.3 is 39.9 Å². The first-order valence-corrected chi connectivity index (χ1v) is 23.7. The molecule has 4 N–H and O–H groups in total. The average Bonchev–Trinajstić information content (AvgIpc) is 3.80. The molecule has 5 aromatic carbocycles. The van der Waals surface area contributed by atoms with Gasteiger partial charge in [-0.2, -0.15) is 0 Å². The summed E-state index contributed by atoms with van der Waals surface area (Å²) in [5.74, 6) is -0.745. The van der Waals surface area contributed by atoms with E-state index >= 15 is 0 Å². The van der Waals surface area contributed by atoms with Crippen molar-refractivity contribution in [3.8, 4) is 23.0 Å². The van der Waals surface area contributed by atoms with E-state index < -0.39 is 0 Å². The predicted octanol–water partition coefficient (Wildman–Crippen LogP) is 8.78. The van der Waals surface area contributed by atoms with Crippen molar-refractivity contribution in [3.63, 3.8) is 0 Å². The summed E-state index contributed by atoms with van der Waals surface area (Å²) in [6.45, 7) is 6.04. The Labute approximate surface area is 406 Å². The van der Waals surface area contributed by atoms with Gasteiger partial charge in [0, 0.05) is 71.8 Å². The Bertz CT molecular complexity index is 3150. The first kappa shape index (κ1) is 45.7. The molecule has 0 saturated heterocycles. The van der Waals surface area contributed by atoms with Crippen LogP contribution in [0.3, 0.4) is 0 Å². The number of ether oxygens (including phenoxy) is 2. The Morgan fingerprint density at radius 3 is 1.11 bits per heavy atom. The van der Waals surface area contributed by atoms with E-state index in [-0.39, 0.29) is 106 Å². The number of nitrogens with one attached hydrogen (secondary N) is 4. The van der Waals surface area contributed by atoms with Crippen molar-refractivity contribution < 1.29 is 28.7 Å². The van der Waals surface area contributed by atoms with Crippen molar-refractivity contribution in [3.05, 3.63) is 91.5 Å². The minimum Gasteiger partial charge on any atom is -0.451 e. The molecule has 20 heteroatoms. The van der Waals surface area contributed by atoms with Gasteiger partial charge in [-0.05, 0) is 84.6 Å². The Morgan fingerprint density at radius 1 is 0.485 bits per heavy atom. The zero-order valence-electron chi connectivity index (χ0n) is 35.2. The van der Waals surface area contributed by atoms with Gasteiger partial charge in [-0.15, -0.1) is 46.4 Å². The normalized spacial score (nSPS) is 12.4.